The zero-order valence-electron chi connectivity index (χ0n) is 8.26. The van der Waals surface area contributed by atoms with Gasteiger partial charge < -0.3 is 4.74 Å². The van der Waals surface area contributed by atoms with Crippen molar-refractivity contribution < 1.29 is 26.7 Å². The van der Waals surface area contributed by atoms with E-state index in [1.165, 1.54) is 12.1 Å². The predicted octanol–water partition coefficient (Wildman–Crippen LogP) is 3.13. The first-order chi connectivity index (χ1) is 7.82. The Morgan fingerprint density at radius 2 is 1.88 bits per heavy atom. The molecule has 0 fully saturated rings. The smallest absolute Gasteiger partial charge is 0.428 e. The monoisotopic (exact) mass is 251 g/mol. The molecule has 0 aliphatic heterocycles. The molecular weight excluding hydrogens is 245 g/mol. The number of nitrogens with zero attached hydrogens (tertiary/aromatic N) is 1. The number of rotatable bonds is 4. The normalized spacial score (nSPS) is 12.0. The van der Waals surface area contributed by atoms with Gasteiger partial charge in [-0.3, -0.25) is 0 Å². The summed E-state index contributed by atoms with van der Waals surface area (Å²) in [6, 6.07) is 5.88. The molecule has 17 heavy (non-hydrogen) atoms. The van der Waals surface area contributed by atoms with Gasteiger partial charge in [-0.15, -0.1) is 0 Å². The van der Waals surface area contributed by atoms with Crippen molar-refractivity contribution in [2.24, 2.45) is 0 Å². The van der Waals surface area contributed by atoms with Crippen LogP contribution in [0, 0.1) is 11.3 Å². The van der Waals surface area contributed by atoms with Gasteiger partial charge in [0.05, 0.1) is 11.6 Å². The van der Waals surface area contributed by atoms with Crippen molar-refractivity contribution in [1.29, 1.82) is 5.26 Å². The fraction of sp³-hybridized carbons (Fsp3) is 0.300. The number of ether oxygens (including phenoxy) is 1. The minimum absolute atomic E-state index is 0.0399. The van der Waals surface area contributed by atoms with E-state index >= 15 is 0 Å². The summed E-state index contributed by atoms with van der Waals surface area (Å²) in [4.78, 5) is 0. The lowest BCUT2D eigenvalue weighted by molar-refractivity contribution is -0.312. The van der Waals surface area contributed by atoms with Crippen molar-refractivity contribution in [2.45, 2.75) is 12.0 Å². The molecule has 92 valence electrons. The van der Waals surface area contributed by atoms with Crippen LogP contribution in [0.2, 0.25) is 0 Å². The van der Waals surface area contributed by atoms with E-state index in [9.17, 15) is 22.0 Å². The van der Waals surface area contributed by atoms with Gasteiger partial charge in [0.1, 0.15) is 5.75 Å². The fourth-order valence-corrected chi connectivity index (χ4v) is 0.930. The van der Waals surface area contributed by atoms with Crippen molar-refractivity contribution in [1.82, 2.24) is 0 Å². The van der Waals surface area contributed by atoms with E-state index in [0.717, 1.165) is 12.1 Å². The maximum Gasteiger partial charge on any atom is 0.467 e. The fourth-order valence-electron chi connectivity index (χ4n) is 0.930. The van der Waals surface area contributed by atoms with Crippen LogP contribution < -0.4 is 4.74 Å². The Balaban J connectivity index is 2.94. The van der Waals surface area contributed by atoms with E-state index in [4.69, 9.17) is 5.26 Å². The predicted molar refractivity (Wildman–Crippen MR) is 47.7 cm³/mol. The molecule has 7 heteroatoms. The maximum absolute atomic E-state index is 12.8. The summed E-state index contributed by atoms with van der Waals surface area (Å²) >= 11 is 0. The third-order valence-electron chi connectivity index (χ3n) is 1.80. The van der Waals surface area contributed by atoms with Crippen molar-refractivity contribution in [3.63, 3.8) is 0 Å². The van der Waals surface area contributed by atoms with Crippen molar-refractivity contribution in [2.75, 3.05) is 6.67 Å². The number of benzene rings is 1. The van der Waals surface area contributed by atoms with E-state index in [2.05, 4.69) is 4.74 Å². The second-order valence-corrected chi connectivity index (χ2v) is 3.10. The van der Waals surface area contributed by atoms with Crippen LogP contribution in [0.25, 0.3) is 0 Å². The summed E-state index contributed by atoms with van der Waals surface area (Å²) in [5.74, 6) is -5.56. The zero-order chi connectivity index (χ0) is 13.1. The second kappa shape index (κ2) is 4.57. The summed E-state index contributed by atoms with van der Waals surface area (Å²) in [6.07, 6.45) is -4.98. The molecule has 0 atom stereocenters. The first-order valence-electron chi connectivity index (χ1n) is 4.33. The molecule has 0 saturated carbocycles. The SMILES string of the molecule is N#Cc1cccc(OC(F)(F)C(F)(F)CF)c1. The van der Waals surface area contributed by atoms with Gasteiger partial charge in [0.2, 0.25) is 0 Å². The van der Waals surface area contributed by atoms with Gasteiger partial charge in [0, 0.05) is 0 Å². The van der Waals surface area contributed by atoms with E-state index in [-0.39, 0.29) is 5.56 Å². The second-order valence-electron chi connectivity index (χ2n) is 3.10. The molecule has 0 saturated heterocycles. The largest absolute Gasteiger partial charge is 0.467 e. The Morgan fingerprint density at radius 3 is 2.41 bits per heavy atom. The lowest BCUT2D eigenvalue weighted by Crippen LogP contribution is -2.46. The Hall–Kier alpha value is -1.84. The van der Waals surface area contributed by atoms with Crippen LogP contribution in [0.5, 0.6) is 5.75 Å². The molecule has 1 aromatic rings. The maximum atomic E-state index is 12.8. The highest BCUT2D eigenvalue weighted by Crippen LogP contribution is 2.36. The molecule has 1 rings (SSSR count). The highest BCUT2D eigenvalue weighted by atomic mass is 19.3. The van der Waals surface area contributed by atoms with Crippen molar-refractivity contribution >= 4 is 0 Å². The molecule has 0 aromatic heterocycles. The molecule has 0 bridgehead atoms. The van der Waals surface area contributed by atoms with Crippen LogP contribution >= 0.6 is 0 Å². The zero-order valence-corrected chi connectivity index (χ0v) is 8.26. The first kappa shape index (κ1) is 13.2. The summed E-state index contributed by atoms with van der Waals surface area (Å²) < 4.78 is 66.1. The van der Waals surface area contributed by atoms with Crippen LogP contribution in [0.3, 0.4) is 0 Å². The third kappa shape index (κ3) is 2.84. The summed E-state index contributed by atoms with van der Waals surface area (Å²) in [7, 11) is 0. The summed E-state index contributed by atoms with van der Waals surface area (Å²) in [5.41, 5.74) is -0.0399. The average Bonchev–Trinajstić information content (AvgIpc) is 2.28. The van der Waals surface area contributed by atoms with Crippen LogP contribution in [-0.2, 0) is 0 Å². The molecule has 0 aliphatic rings. The highest BCUT2D eigenvalue weighted by Gasteiger charge is 2.59. The minimum atomic E-state index is -4.98. The highest BCUT2D eigenvalue weighted by molar-refractivity contribution is 5.36. The van der Waals surface area contributed by atoms with E-state index in [0.29, 0.717) is 0 Å². The van der Waals surface area contributed by atoms with Crippen molar-refractivity contribution in [3.05, 3.63) is 29.8 Å². The van der Waals surface area contributed by atoms with E-state index < -0.39 is 24.5 Å². The Morgan fingerprint density at radius 1 is 1.24 bits per heavy atom. The van der Waals surface area contributed by atoms with Gasteiger partial charge in [-0.05, 0) is 18.2 Å². The Kier molecular flexibility index (Phi) is 3.56. The quantitative estimate of drug-likeness (QED) is 0.770. The number of alkyl halides is 5. The van der Waals surface area contributed by atoms with Crippen LogP contribution in [-0.4, -0.2) is 18.7 Å². The minimum Gasteiger partial charge on any atom is -0.428 e. The van der Waals surface area contributed by atoms with E-state index in [1.807, 2.05) is 0 Å². The van der Waals surface area contributed by atoms with Crippen molar-refractivity contribution in [3.8, 4) is 11.8 Å². The Bertz CT molecular complexity index is 441. The average molecular weight is 251 g/mol. The lowest BCUT2D eigenvalue weighted by Gasteiger charge is -2.24. The number of nitriles is 1. The molecular formula is C10H6F5NO. The standard InChI is InChI=1S/C10H6F5NO/c11-6-9(12,13)10(14,15)17-8-3-1-2-7(4-8)5-16/h1-4H,6H2. The van der Waals surface area contributed by atoms with Gasteiger partial charge in [0.15, 0.2) is 6.67 Å². The number of hydrogen-bond donors (Lipinski definition) is 0. The van der Waals surface area contributed by atoms with Crippen LogP contribution in [0.1, 0.15) is 5.56 Å². The van der Waals surface area contributed by atoms with Gasteiger partial charge >= 0.3 is 12.0 Å². The molecule has 0 N–H and O–H groups in total. The molecule has 2 nitrogen and oxygen atoms in total. The van der Waals surface area contributed by atoms with Gasteiger partial charge in [-0.2, -0.15) is 22.8 Å². The topological polar surface area (TPSA) is 33.0 Å². The molecule has 1 aromatic carbocycles. The van der Waals surface area contributed by atoms with Gasteiger partial charge in [-0.25, -0.2) is 4.39 Å². The number of hydrogen-bond acceptors (Lipinski definition) is 2. The molecule has 0 aliphatic carbocycles. The summed E-state index contributed by atoms with van der Waals surface area (Å²) in [5, 5.41) is 8.47. The van der Waals surface area contributed by atoms with Crippen LogP contribution in [0.4, 0.5) is 22.0 Å². The molecule has 0 spiro atoms. The third-order valence-corrected chi connectivity index (χ3v) is 1.80. The molecule has 0 amide bonds. The van der Waals surface area contributed by atoms with Gasteiger partial charge in [0.25, 0.3) is 0 Å². The first-order valence-corrected chi connectivity index (χ1v) is 4.33. The van der Waals surface area contributed by atoms with Gasteiger partial charge in [-0.1, -0.05) is 6.07 Å². The van der Waals surface area contributed by atoms with Crippen LogP contribution in [0.15, 0.2) is 24.3 Å². The number of halogens is 5. The molecule has 0 heterocycles. The molecule has 0 radical (unpaired) electrons. The molecule has 0 unspecified atom stereocenters. The Labute approximate surface area is 93.2 Å². The summed E-state index contributed by atoms with van der Waals surface area (Å²) in [6.45, 7) is -2.54. The van der Waals surface area contributed by atoms with E-state index in [1.54, 1.807) is 6.07 Å². The lowest BCUT2D eigenvalue weighted by atomic mass is 10.2.